The van der Waals surface area contributed by atoms with E-state index in [0.29, 0.717) is 5.56 Å². The molecule has 19 heavy (non-hydrogen) atoms. The third kappa shape index (κ3) is 3.26. The number of anilines is 1. The van der Waals surface area contributed by atoms with Crippen molar-refractivity contribution in [2.24, 2.45) is 0 Å². The fourth-order valence-electron chi connectivity index (χ4n) is 2.47. The third-order valence-corrected chi connectivity index (χ3v) is 3.64. The Morgan fingerprint density at radius 1 is 1.47 bits per heavy atom. The van der Waals surface area contributed by atoms with Crippen LogP contribution >= 0.6 is 0 Å². The van der Waals surface area contributed by atoms with Gasteiger partial charge in [0.1, 0.15) is 0 Å². The Bertz CT molecular complexity index is 453. The summed E-state index contributed by atoms with van der Waals surface area (Å²) in [4.78, 5) is 12.2. The minimum Gasteiger partial charge on any atom is -0.388 e. The van der Waals surface area contributed by atoms with Gasteiger partial charge in [0.05, 0.1) is 12.1 Å². The monoisotopic (exact) mass is 262 g/mol. The SMILES string of the molecule is CNc1ccc(C(=O)NC(C)C2CCCO2)cc1C. The smallest absolute Gasteiger partial charge is 0.251 e. The van der Waals surface area contributed by atoms with E-state index in [9.17, 15) is 4.79 Å². The summed E-state index contributed by atoms with van der Waals surface area (Å²) >= 11 is 0. The van der Waals surface area contributed by atoms with E-state index in [-0.39, 0.29) is 18.1 Å². The van der Waals surface area contributed by atoms with Crippen LogP contribution in [0.1, 0.15) is 35.7 Å². The lowest BCUT2D eigenvalue weighted by molar-refractivity contribution is 0.0712. The van der Waals surface area contributed by atoms with Crippen molar-refractivity contribution < 1.29 is 9.53 Å². The number of carbonyl (C=O) groups excluding carboxylic acids is 1. The molecular formula is C15H22N2O2. The fourth-order valence-corrected chi connectivity index (χ4v) is 2.47. The summed E-state index contributed by atoms with van der Waals surface area (Å²) in [5.41, 5.74) is 2.81. The van der Waals surface area contributed by atoms with Gasteiger partial charge >= 0.3 is 0 Å². The molecule has 1 aromatic carbocycles. The molecule has 0 radical (unpaired) electrons. The van der Waals surface area contributed by atoms with Crippen LogP contribution in [0.15, 0.2) is 18.2 Å². The van der Waals surface area contributed by atoms with Gasteiger partial charge in [-0.1, -0.05) is 0 Å². The van der Waals surface area contributed by atoms with Crippen molar-refractivity contribution in [1.82, 2.24) is 5.32 Å². The van der Waals surface area contributed by atoms with Crippen LogP contribution in [0.2, 0.25) is 0 Å². The number of carbonyl (C=O) groups is 1. The molecule has 2 N–H and O–H groups in total. The Morgan fingerprint density at radius 2 is 2.26 bits per heavy atom. The summed E-state index contributed by atoms with van der Waals surface area (Å²) in [5.74, 6) is -0.0336. The second-order valence-corrected chi connectivity index (χ2v) is 5.09. The summed E-state index contributed by atoms with van der Waals surface area (Å²) in [6, 6.07) is 5.74. The number of ether oxygens (including phenoxy) is 1. The highest BCUT2D eigenvalue weighted by atomic mass is 16.5. The average molecular weight is 262 g/mol. The third-order valence-electron chi connectivity index (χ3n) is 3.64. The van der Waals surface area contributed by atoms with Crippen molar-refractivity contribution in [2.75, 3.05) is 19.0 Å². The Hall–Kier alpha value is -1.55. The zero-order valence-corrected chi connectivity index (χ0v) is 11.8. The van der Waals surface area contributed by atoms with Gasteiger partial charge < -0.3 is 15.4 Å². The highest BCUT2D eigenvalue weighted by Crippen LogP contribution is 2.18. The molecule has 1 heterocycles. The number of hydrogen-bond acceptors (Lipinski definition) is 3. The molecule has 0 saturated carbocycles. The molecule has 2 atom stereocenters. The molecule has 0 aromatic heterocycles. The van der Waals surface area contributed by atoms with E-state index < -0.39 is 0 Å². The van der Waals surface area contributed by atoms with Gasteiger partial charge in [0.25, 0.3) is 5.91 Å². The Balaban J connectivity index is 2.01. The predicted molar refractivity (Wildman–Crippen MR) is 76.6 cm³/mol. The van der Waals surface area contributed by atoms with E-state index in [2.05, 4.69) is 10.6 Å². The molecule has 1 aliphatic heterocycles. The van der Waals surface area contributed by atoms with Crippen LogP contribution < -0.4 is 10.6 Å². The fraction of sp³-hybridized carbons (Fsp3) is 0.533. The molecular weight excluding hydrogens is 240 g/mol. The molecule has 2 rings (SSSR count). The first-order chi connectivity index (χ1) is 9.11. The molecule has 0 spiro atoms. The number of hydrogen-bond donors (Lipinski definition) is 2. The van der Waals surface area contributed by atoms with Crippen molar-refractivity contribution >= 4 is 11.6 Å². The van der Waals surface area contributed by atoms with Gasteiger partial charge in [-0.15, -0.1) is 0 Å². The van der Waals surface area contributed by atoms with E-state index in [0.717, 1.165) is 30.7 Å². The molecule has 1 aliphatic rings. The quantitative estimate of drug-likeness (QED) is 0.875. The van der Waals surface area contributed by atoms with Crippen molar-refractivity contribution in [3.05, 3.63) is 29.3 Å². The van der Waals surface area contributed by atoms with Crippen molar-refractivity contribution in [2.45, 2.75) is 38.8 Å². The van der Waals surface area contributed by atoms with E-state index in [1.807, 2.05) is 39.1 Å². The minimum absolute atomic E-state index is 0.0336. The molecule has 1 amide bonds. The van der Waals surface area contributed by atoms with Crippen LogP contribution in [0, 0.1) is 6.92 Å². The van der Waals surface area contributed by atoms with E-state index in [1.165, 1.54) is 0 Å². The van der Waals surface area contributed by atoms with Crippen LogP contribution in [0.25, 0.3) is 0 Å². The maximum absolute atomic E-state index is 12.2. The second-order valence-electron chi connectivity index (χ2n) is 5.09. The number of rotatable bonds is 4. The van der Waals surface area contributed by atoms with Gasteiger partial charge in [-0.3, -0.25) is 4.79 Å². The largest absolute Gasteiger partial charge is 0.388 e. The predicted octanol–water partition coefficient (Wildman–Crippen LogP) is 2.33. The van der Waals surface area contributed by atoms with Crippen molar-refractivity contribution in [3.8, 4) is 0 Å². The Kier molecular flexibility index (Phi) is 4.43. The summed E-state index contributed by atoms with van der Waals surface area (Å²) in [6.45, 7) is 4.80. The number of nitrogens with one attached hydrogen (secondary N) is 2. The highest BCUT2D eigenvalue weighted by Gasteiger charge is 2.24. The van der Waals surface area contributed by atoms with E-state index >= 15 is 0 Å². The molecule has 1 fully saturated rings. The maximum Gasteiger partial charge on any atom is 0.251 e. The summed E-state index contributed by atoms with van der Waals surface area (Å²) in [6.07, 6.45) is 2.27. The first-order valence-electron chi connectivity index (χ1n) is 6.82. The first kappa shape index (κ1) is 13.9. The van der Waals surface area contributed by atoms with Crippen LogP contribution in [0.4, 0.5) is 5.69 Å². The minimum atomic E-state index is -0.0336. The number of aryl methyl sites for hydroxylation is 1. The van der Waals surface area contributed by atoms with Crippen LogP contribution in [0.3, 0.4) is 0 Å². The number of amides is 1. The van der Waals surface area contributed by atoms with E-state index in [4.69, 9.17) is 4.74 Å². The first-order valence-corrected chi connectivity index (χ1v) is 6.82. The molecule has 4 heteroatoms. The Labute approximate surface area is 114 Å². The van der Waals surface area contributed by atoms with Gasteiger partial charge in [0.2, 0.25) is 0 Å². The summed E-state index contributed by atoms with van der Waals surface area (Å²) in [5, 5.41) is 6.11. The number of benzene rings is 1. The van der Waals surface area contributed by atoms with Gasteiger partial charge in [-0.25, -0.2) is 0 Å². The highest BCUT2D eigenvalue weighted by molar-refractivity contribution is 5.95. The summed E-state index contributed by atoms with van der Waals surface area (Å²) in [7, 11) is 1.88. The lowest BCUT2D eigenvalue weighted by atomic mass is 10.1. The molecule has 4 nitrogen and oxygen atoms in total. The van der Waals surface area contributed by atoms with Gasteiger partial charge in [-0.05, 0) is 50.5 Å². The second kappa shape index (κ2) is 6.06. The van der Waals surface area contributed by atoms with Crippen LogP contribution in [0.5, 0.6) is 0 Å². The molecule has 2 unspecified atom stereocenters. The maximum atomic E-state index is 12.2. The lowest BCUT2D eigenvalue weighted by Gasteiger charge is -2.20. The lowest BCUT2D eigenvalue weighted by Crippen LogP contribution is -2.40. The van der Waals surface area contributed by atoms with Gasteiger partial charge in [-0.2, -0.15) is 0 Å². The van der Waals surface area contributed by atoms with E-state index in [1.54, 1.807) is 0 Å². The molecule has 1 saturated heterocycles. The molecule has 0 aliphatic carbocycles. The Morgan fingerprint density at radius 3 is 2.84 bits per heavy atom. The molecule has 0 bridgehead atoms. The average Bonchev–Trinajstić information content (AvgIpc) is 2.92. The van der Waals surface area contributed by atoms with Crippen molar-refractivity contribution in [1.29, 1.82) is 0 Å². The summed E-state index contributed by atoms with van der Waals surface area (Å²) < 4.78 is 5.59. The zero-order chi connectivity index (χ0) is 13.8. The zero-order valence-electron chi connectivity index (χ0n) is 11.8. The van der Waals surface area contributed by atoms with Gasteiger partial charge in [0, 0.05) is 24.9 Å². The van der Waals surface area contributed by atoms with Crippen molar-refractivity contribution in [3.63, 3.8) is 0 Å². The topological polar surface area (TPSA) is 50.4 Å². The molecule has 1 aromatic rings. The van der Waals surface area contributed by atoms with Gasteiger partial charge in [0.15, 0.2) is 0 Å². The van der Waals surface area contributed by atoms with Crippen LogP contribution in [-0.4, -0.2) is 31.7 Å². The standard InChI is InChI=1S/C15H22N2O2/c1-10-9-12(6-7-13(10)16-3)15(18)17-11(2)14-5-4-8-19-14/h6-7,9,11,14,16H,4-5,8H2,1-3H3,(H,17,18). The normalized spacial score (nSPS) is 20.1. The molecule has 104 valence electrons. The van der Waals surface area contributed by atoms with Crippen LogP contribution in [-0.2, 0) is 4.74 Å².